The summed E-state index contributed by atoms with van der Waals surface area (Å²) in [6.45, 7) is 2.55. The van der Waals surface area contributed by atoms with Crippen molar-refractivity contribution < 1.29 is 9.13 Å². The Morgan fingerprint density at radius 1 is 1.45 bits per heavy atom. The highest BCUT2D eigenvalue weighted by Gasteiger charge is 2.46. The maximum Gasteiger partial charge on any atom is 0.185 e. The van der Waals surface area contributed by atoms with Crippen LogP contribution in [0.3, 0.4) is 0 Å². The van der Waals surface area contributed by atoms with Gasteiger partial charge in [0.15, 0.2) is 5.13 Å². The summed E-state index contributed by atoms with van der Waals surface area (Å²) < 4.78 is 19.4. The highest BCUT2D eigenvalue weighted by Crippen LogP contribution is 2.38. The predicted molar refractivity (Wildman–Crippen MR) is 86.1 cm³/mol. The lowest BCUT2D eigenvalue weighted by molar-refractivity contribution is 0.0229. The Hall–Kier alpha value is -1.66. The summed E-state index contributed by atoms with van der Waals surface area (Å²) in [7, 11) is 0. The molecule has 2 fully saturated rings. The third kappa shape index (κ3) is 2.68. The molecule has 4 nitrogen and oxygen atoms in total. The van der Waals surface area contributed by atoms with Crippen LogP contribution in [-0.2, 0) is 4.74 Å². The van der Waals surface area contributed by atoms with Gasteiger partial charge in [-0.3, -0.25) is 0 Å². The van der Waals surface area contributed by atoms with Gasteiger partial charge in [0.1, 0.15) is 5.82 Å². The van der Waals surface area contributed by atoms with Crippen molar-refractivity contribution in [2.45, 2.75) is 24.5 Å². The van der Waals surface area contributed by atoms with E-state index in [-0.39, 0.29) is 17.5 Å². The number of anilines is 2. The minimum Gasteiger partial charge on any atom is -0.380 e. The van der Waals surface area contributed by atoms with E-state index >= 15 is 0 Å². The predicted octanol–water partition coefficient (Wildman–Crippen LogP) is 3.13. The molecule has 0 radical (unpaired) electrons. The van der Waals surface area contributed by atoms with Crippen LogP contribution in [0.15, 0.2) is 35.8 Å². The van der Waals surface area contributed by atoms with Gasteiger partial charge >= 0.3 is 0 Å². The number of nitrogens with zero attached hydrogens (tertiary/aromatic N) is 2. The topological polar surface area (TPSA) is 37.4 Å². The smallest absolute Gasteiger partial charge is 0.185 e. The molecule has 2 aromatic rings. The number of ether oxygens (including phenoxy) is 1. The van der Waals surface area contributed by atoms with Crippen molar-refractivity contribution >= 4 is 22.2 Å². The first kappa shape index (κ1) is 14.0. The van der Waals surface area contributed by atoms with Crippen LogP contribution in [-0.4, -0.2) is 36.3 Å². The van der Waals surface area contributed by atoms with Gasteiger partial charge in [0, 0.05) is 36.8 Å². The van der Waals surface area contributed by atoms with Gasteiger partial charge in [0.2, 0.25) is 0 Å². The van der Waals surface area contributed by atoms with Crippen molar-refractivity contribution in [2.75, 3.05) is 29.9 Å². The second kappa shape index (κ2) is 5.52. The Morgan fingerprint density at radius 3 is 3.23 bits per heavy atom. The summed E-state index contributed by atoms with van der Waals surface area (Å²) in [5.74, 6) is -0.213. The first-order valence-corrected chi connectivity index (χ1v) is 8.41. The van der Waals surface area contributed by atoms with Crippen molar-refractivity contribution in [1.29, 1.82) is 0 Å². The van der Waals surface area contributed by atoms with Crippen molar-refractivity contribution in [3.63, 3.8) is 0 Å². The number of aromatic nitrogens is 1. The summed E-state index contributed by atoms with van der Waals surface area (Å²) in [6, 6.07) is 6.84. The lowest BCUT2D eigenvalue weighted by atomic mass is 9.97. The van der Waals surface area contributed by atoms with Gasteiger partial charge in [0.25, 0.3) is 0 Å². The number of rotatable bonds is 3. The molecule has 1 N–H and O–H groups in total. The van der Waals surface area contributed by atoms with Crippen molar-refractivity contribution in [3.8, 4) is 0 Å². The molecule has 6 heteroatoms. The molecule has 0 aliphatic carbocycles. The maximum atomic E-state index is 13.3. The Bertz CT molecular complexity index is 651. The average molecular weight is 319 g/mol. The number of hydrogen-bond donors (Lipinski definition) is 1. The number of nitrogens with one attached hydrogen (secondary N) is 1. The fraction of sp³-hybridized carbons (Fsp3) is 0.438. The highest BCUT2D eigenvalue weighted by atomic mass is 32.1. The molecule has 0 unspecified atom stereocenters. The number of benzene rings is 1. The standard InChI is InChI=1S/C16H18FN3OS/c17-12-2-1-3-13(8-12)19-14-9-16(21-10-14)4-6-20(11-16)15-18-5-7-22-15/h1-3,5,7-8,14,19H,4,6,9-11H2/t14-,16+/m1/s1. The van der Waals surface area contributed by atoms with E-state index in [1.54, 1.807) is 17.4 Å². The van der Waals surface area contributed by atoms with Crippen LogP contribution in [0, 0.1) is 5.82 Å². The highest BCUT2D eigenvalue weighted by molar-refractivity contribution is 7.13. The Labute approximate surface area is 132 Å². The van der Waals surface area contributed by atoms with E-state index in [1.807, 2.05) is 17.6 Å². The molecule has 0 bridgehead atoms. The van der Waals surface area contributed by atoms with Crippen LogP contribution in [0.5, 0.6) is 0 Å². The molecule has 2 atom stereocenters. The van der Waals surface area contributed by atoms with Crippen LogP contribution in [0.1, 0.15) is 12.8 Å². The Morgan fingerprint density at radius 2 is 2.41 bits per heavy atom. The third-order valence-corrected chi connectivity index (χ3v) is 5.24. The van der Waals surface area contributed by atoms with Crippen LogP contribution < -0.4 is 10.2 Å². The van der Waals surface area contributed by atoms with Crippen molar-refractivity contribution in [3.05, 3.63) is 41.7 Å². The number of thiazole rings is 1. The fourth-order valence-corrected chi connectivity index (χ4v) is 4.09. The molecule has 116 valence electrons. The second-order valence-electron chi connectivity index (χ2n) is 6.04. The molecule has 2 aliphatic heterocycles. The van der Waals surface area contributed by atoms with E-state index in [9.17, 15) is 4.39 Å². The molecule has 0 amide bonds. The minimum atomic E-state index is -0.213. The second-order valence-corrected chi connectivity index (χ2v) is 6.91. The molecule has 1 aromatic carbocycles. The van der Waals surface area contributed by atoms with Gasteiger partial charge in [-0.05, 0) is 24.6 Å². The Kier molecular flexibility index (Phi) is 3.50. The molecule has 1 spiro atoms. The molecule has 1 aromatic heterocycles. The molecule has 2 saturated heterocycles. The maximum absolute atomic E-state index is 13.3. The normalized spacial score (nSPS) is 27.7. The minimum absolute atomic E-state index is 0.0866. The molecular weight excluding hydrogens is 301 g/mol. The fourth-order valence-electron chi connectivity index (χ4n) is 3.42. The summed E-state index contributed by atoms with van der Waals surface area (Å²) in [6.07, 6.45) is 3.81. The van der Waals surface area contributed by atoms with Gasteiger partial charge in [-0.2, -0.15) is 0 Å². The van der Waals surface area contributed by atoms with Crippen LogP contribution in [0.4, 0.5) is 15.2 Å². The molecule has 2 aliphatic rings. The van der Waals surface area contributed by atoms with Gasteiger partial charge in [0.05, 0.1) is 18.2 Å². The molecule has 3 heterocycles. The van der Waals surface area contributed by atoms with Crippen LogP contribution in [0.25, 0.3) is 0 Å². The van der Waals surface area contributed by atoms with E-state index in [1.165, 1.54) is 12.1 Å². The average Bonchev–Trinajstić information content (AvgIpc) is 3.22. The molecular formula is C16H18FN3OS. The quantitative estimate of drug-likeness (QED) is 0.943. The third-order valence-electron chi connectivity index (χ3n) is 4.41. The van der Waals surface area contributed by atoms with E-state index in [0.29, 0.717) is 6.61 Å². The SMILES string of the molecule is Fc1cccc(N[C@H]2CO[C@@]3(CCN(c4nccs4)C3)C2)c1. The van der Waals surface area contributed by atoms with E-state index < -0.39 is 0 Å². The van der Waals surface area contributed by atoms with Gasteiger partial charge in [-0.1, -0.05) is 6.07 Å². The monoisotopic (exact) mass is 319 g/mol. The van der Waals surface area contributed by atoms with Crippen molar-refractivity contribution in [1.82, 2.24) is 4.98 Å². The zero-order chi connectivity index (χ0) is 15.0. The summed E-state index contributed by atoms with van der Waals surface area (Å²) in [5.41, 5.74) is 0.733. The van der Waals surface area contributed by atoms with Crippen LogP contribution >= 0.6 is 11.3 Å². The van der Waals surface area contributed by atoms with Gasteiger partial charge < -0.3 is 15.0 Å². The molecule has 4 rings (SSSR count). The largest absolute Gasteiger partial charge is 0.380 e. The first-order chi connectivity index (χ1) is 10.7. The van der Waals surface area contributed by atoms with Crippen LogP contribution in [0.2, 0.25) is 0 Å². The molecule has 0 saturated carbocycles. The molecule has 22 heavy (non-hydrogen) atoms. The lowest BCUT2D eigenvalue weighted by Gasteiger charge is -2.23. The zero-order valence-corrected chi connectivity index (χ0v) is 13.0. The van der Waals surface area contributed by atoms with E-state index in [2.05, 4.69) is 15.2 Å². The van der Waals surface area contributed by atoms with Gasteiger partial charge in [-0.15, -0.1) is 11.3 Å². The summed E-state index contributed by atoms with van der Waals surface area (Å²) >= 11 is 1.67. The first-order valence-electron chi connectivity index (χ1n) is 7.53. The summed E-state index contributed by atoms with van der Waals surface area (Å²) in [5, 5.41) is 6.46. The number of hydrogen-bond acceptors (Lipinski definition) is 5. The van der Waals surface area contributed by atoms with Gasteiger partial charge in [-0.25, -0.2) is 9.37 Å². The van der Waals surface area contributed by atoms with E-state index in [0.717, 1.165) is 36.8 Å². The zero-order valence-electron chi connectivity index (χ0n) is 12.2. The lowest BCUT2D eigenvalue weighted by Crippen LogP contribution is -2.33. The van der Waals surface area contributed by atoms with Crippen molar-refractivity contribution in [2.24, 2.45) is 0 Å². The summed E-state index contributed by atoms with van der Waals surface area (Å²) in [4.78, 5) is 6.68. The Balaban J connectivity index is 1.40. The number of halogens is 1. The van der Waals surface area contributed by atoms with E-state index in [4.69, 9.17) is 4.74 Å².